The van der Waals surface area contributed by atoms with Crippen LogP contribution >= 0.6 is 22.9 Å². The zero-order valence-corrected chi connectivity index (χ0v) is 21.0. The molecule has 0 aliphatic carbocycles. The van der Waals surface area contributed by atoms with E-state index in [0.717, 1.165) is 31.6 Å². The van der Waals surface area contributed by atoms with Gasteiger partial charge >= 0.3 is 12.0 Å². The smallest absolute Gasteiger partial charge is 0.339 e. The van der Waals surface area contributed by atoms with Crippen LogP contribution in [0.3, 0.4) is 0 Å². The number of methoxy groups -OCH3 is 1. The molecule has 0 spiro atoms. The van der Waals surface area contributed by atoms with Gasteiger partial charge in [0.15, 0.2) is 0 Å². The summed E-state index contributed by atoms with van der Waals surface area (Å²) in [7, 11) is 3.46. The van der Waals surface area contributed by atoms with Crippen molar-refractivity contribution in [2.75, 3.05) is 26.0 Å². The Morgan fingerprint density at radius 1 is 1.24 bits per heavy atom. The number of hydrogen-bond donors (Lipinski definition) is 1. The van der Waals surface area contributed by atoms with Crippen molar-refractivity contribution in [3.05, 3.63) is 68.8 Å². The minimum atomic E-state index is -0.526. The quantitative estimate of drug-likeness (QED) is 0.486. The van der Waals surface area contributed by atoms with E-state index in [-0.39, 0.29) is 17.6 Å². The first kappa shape index (κ1) is 23.0. The van der Waals surface area contributed by atoms with Crippen molar-refractivity contribution >= 4 is 40.6 Å². The predicted octanol–water partition coefficient (Wildman–Crippen LogP) is 5.47. The van der Waals surface area contributed by atoms with Gasteiger partial charge in [0.25, 0.3) is 0 Å². The first-order chi connectivity index (χ1) is 16.4. The zero-order chi connectivity index (χ0) is 24.0. The summed E-state index contributed by atoms with van der Waals surface area (Å²) in [5.41, 5.74) is 4.28. The molecular weight excluding hydrogens is 472 g/mol. The Bertz CT molecular complexity index is 1270. The lowest BCUT2D eigenvalue weighted by Crippen LogP contribution is -2.38. The van der Waals surface area contributed by atoms with E-state index in [1.54, 1.807) is 18.2 Å². The van der Waals surface area contributed by atoms with Crippen molar-refractivity contribution in [2.45, 2.75) is 38.9 Å². The summed E-state index contributed by atoms with van der Waals surface area (Å²) in [6, 6.07) is 8.51. The monoisotopic (exact) mass is 498 g/mol. The molecular formula is C25H27ClN4O3S. The second-order valence-electron chi connectivity index (χ2n) is 8.74. The van der Waals surface area contributed by atoms with Crippen molar-refractivity contribution in [1.82, 2.24) is 14.4 Å². The number of fused-ring (bicyclic) bond motifs is 5. The van der Waals surface area contributed by atoms with Crippen LogP contribution in [0.4, 0.5) is 10.5 Å². The molecule has 2 aromatic heterocycles. The van der Waals surface area contributed by atoms with E-state index in [0.29, 0.717) is 17.3 Å². The van der Waals surface area contributed by atoms with Gasteiger partial charge in [0.05, 0.1) is 30.9 Å². The molecule has 178 valence electrons. The first-order valence-corrected chi connectivity index (χ1v) is 12.6. The fourth-order valence-corrected chi connectivity index (χ4v) is 6.58. The Kier molecular flexibility index (Phi) is 6.14. The lowest BCUT2D eigenvalue weighted by Gasteiger charge is -2.31. The molecule has 4 heterocycles. The number of nitrogens with one attached hydrogen (secondary N) is 1. The van der Waals surface area contributed by atoms with Crippen molar-refractivity contribution in [2.24, 2.45) is 0 Å². The van der Waals surface area contributed by atoms with Crippen LogP contribution in [0, 0.1) is 0 Å². The van der Waals surface area contributed by atoms with Gasteiger partial charge in [0.1, 0.15) is 5.00 Å². The standard InChI is InChI=1S/C25H27ClN4O3S/c1-4-20-21-6-5-10-29(21)23-18(16-9-11-28(2)14-22(16)34-23)13-30(20)25(32)27-19-12-15(26)7-8-17(19)24(31)33-3/h5-8,10,12,20H,4,9,11,13-14H2,1-3H3,(H,27,32)/t20-/m1/s1. The number of urea groups is 1. The van der Waals surface area contributed by atoms with E-state index in [2.05, 4.69) is 41.0 Å². The number of nitrogens with zero attached hydrogens (tertiary/aromatic N) is 3. The molecule has 1 aromatic carbocycles. The number of halogens is 1. The van der Waals surface area contributed by atoms with Crippen LogP contribution in [0.1, 0.15) is 51.4 Å². The number of amides is 2. The fraction of sp³-hybridized carbons (Fsp3) is 0.360. The molecule has 5 rings (SSSR count). The lowest BCUT2D eigenvalue weighted by molar-refractivity contribution is 0.0602. The van der Waals surface area contributed by atoms with Crippen LogP contribution in [0.5, 0.6) is 0 Å². The Morgan fingerprint density at radius 3 is 2.82 bits per heavy atom. The molecule has 1 atom stereocenters. The molecule has 0 bridgehead atoms. The highest BCUT2D eigenvalue weighted by molar-refractivity contribution is 7.15. The van der Waals surface area contributed by atoms with Crippen LogP contribution in [0.2, 0.25) is 5.02 Å². The van der Waals surface area contributed by atoms with Crippen LogP contribution in [0.15, 0.2) is 36.5 Å². The lowest BCUT2D eigenvalue weighted by atomic mass is 10.0. The van der Waals surface area contributed by atoms with Gasteiger partial charge in [0.2, 0.25) is 0 Å². The van der Waals surface area contributed by atoms with Gasteiger partial charge in [-0.1, -0.05) is 18.5 Å². The largest absolute Gasteiger partial charge is 0.465 e. The third-order valence-electron chi connectivity index (χ3n) is 6.66. The molecule has 0 fully saturated rings. The van der Waals surface area contributed by atoms with E-state index < -0.39 is 5.97 Å². The van der Waals surface area contributed by atoms with Gasteiger partial charge in [-0.05, 0) is 55.8 Å². The maximum Gasteiger partial charge on any atom is 0.339 e. The molecule has 0 saturated heterocycles. The second-order valence-corrected chi connectivity index (χ2v) is 10.3. The van der Waals surface area contributed by atoms with Crippen LogP contribution in [-0.2, 0) is 24.2 Å². The van der Waals surface area contributed by atoms with E-state index in [1.165, 1.54) is 28.1 Å². The minimum Gasteiger partial charge on any atom is -0.465 e. The molecule has 1 N–H and O–H groups in total. The molecule has 0 unspecified atom stereocenters. The normalized spacial score (nSPS) is 17.4. The number of hydrogen-bond acceptors (Lipinski definition) is 5. The summed E-state index contributed by atoms with van der Waals surface area (Å²) >= 11 is 8.02. The zero-order valence-electron chi connectivity index (χ0n) is 19.4. The van der Waals surface area contributed by atoms with E-state index in [1.807, 2.05) is 22.3 Å². The van der Waals surface area contributed by atoms with Crippen molar-refractivity contribution in [3.8, 4) is 5.00 Å². The van der Waals surface area contributed by atoms with Gasteiger partial charge in [-0.3, -0.25) is 0 Å². The highest BCUT2D eigenvalue weighted by atomic mass is 35.5. The first-order valence-electron chi connectivity index (χ1n) is 11.4. The van der Waals surface area contributed by atoms with Crippen LogP contribution < -0.4 is 5.32 Å². The van der Waals surface area contributed by atoms with Gasteiger partial charge < -0.3 is 24.4 Å². The molecule has 7 nitrogen and oxygen atoms in total. The number of aromatic nitrogens is 1. The van der Waals surface area contributed by atoms with E-state index in [4.69, 9.17) is 16.3 Å². The van der Waals surface area contributed by atoms with Crippen molar-refractivity contribution in [3.63, 3.8) is 0 Å². The summed E-state index contributed by atoms with van der Waals surface area (Å²) in [5.74, 6) is -0.526. The predicted molar refractivity (Wildman–Crippen MR) is 134 cm³/mol. The SMILES string of the molecule is CC[C@@H]1c2cccn2-c2sc3c(c2CN1C(=O)Nc1cc(Cl)ccc1C(=O)OC)CCN(C)C3. The third-order valence-corrected chi connectivity index (χ3v) is 8.15. The van der Waals surface area contributed by atoms with E-state index >= 15 is 0 Å². The van der Waals surface area contributed by atoms with Crippen LogP contribution in [0.25, 0.3) is 5.00 Å². The van der Waals surface area contributed by atoms with Gasteiger partial charge in [-0.25, -0.2) is 9.59 Å². The number of benzene rings is 1. The number of anilines is 1. The number of carbonyl (C=O) groups excluding carboxylic acids is 2. The van der Waals surface area contributed by atoms with Gasteiger partial charge in [-0.15, -0.1) is 11.3 Å². The molecule has 0 saturated carbocycles. The Labute approximate surface area is 207 Å². The number of likely N-dealkylation sites (N-methyl/N-ethyl adjacent to an activating group) is 1. The highest BCUT2D eigenvalue weighted by Gasteiger charge is 2.35. The maximum absolute atomic E-state index is 13.8. The Hall–Kier alpha value is -2.81. The fourth-order valence-electron chi connectivity index (χ4n) is 4.97. The summed E-state index contributed by atoms with van der Waals surface area (Å²) in [6.07, 6.45) is 3.83. The van der Waals surface area contributed by atoms with Gasteiger partial charge in [-0.2, -0.15) is 0 Å². The number of thiophene rings is 1. The molecule has 3 aromatic rings. The summed E-state index contributed by atoms with van der Waals surface area (Å²) in [6.45, 7) is 4.53. The molecule has 2 aliphatic heterocycles. The number of rotatable bonds is 3. The van der Waals surface area contributed by atoms with Crippen LogP contribution in [-0.4, -0.2) is 47.1 Å². The average Bonchev–Trinajstić information content (AvgIpc) is 3.40. The third kappa shape index (κ3) is 3.89. The minimum absolute atomic E-state index is 0.114. The topological polar surface area (TPSA) is 66.8 Å². The molecule has 0 radical (unpaired) electrons. The summed E-state index contributed by atoms with van der Waals surface area (Å²) in [4.78, 5) is 31.6. The summed E-state index contributed by atoms with van der Waals surface area (Å²) in [5, 5.41) is 4.58. The maximum atomic E-state index is 13.8. The number of ether oxygens (including phenoxy) is 1. The highest BCUT2D eigenvalue weighted by Crippen LogP contribution is 2.42. The number of carbonyl (C=O) groups is 2. The Morgan fingerprint density at radius 2 is 2.06 bits per heavy atom. The van der Waals surface area contributed by atoms with E-state index in [9.17, 15) is 9.59 Å². The average molecular weight is 499 g/mol. The molecule has 2 aliphatic rings. The van der Waals surface area contributed by atoms with Gasteiger partial charge in [0, 0.05) is 40.4 Å². The second kappa shape index (κ2) is 9.09. The number of esters is 1. The molecule has 9 heteroatoms. The summed E-state index contributed by atoms with van der Waals surface area (Å²) < 4.78 is 7.15. The van der Waals surface area contributed by atoms with Crippen molar-refractivity contribution < 1.29 is 14.3 Å². The Balaban J connectivity index is 1.56. The van der Waals surface area contributed by atoms with Crippen molar-refractivity contribution in [1.29, 1.82) is 0 Å². The molecule has 34 heavy (non-hydrogen) atoms. The molecule has 2 amide bonds.